The maximum atomic E-state index is 12.2. The molecule has 1 rings (SSSR count). The second-order valence-corrected chi connectivity index (χ2v) is 7.03. The van der Waals surface area contributed by atoms with Gasteiger partial charge in [0.25, 0.3) is 0 Å². The first kappa shape index (κ1) is 17.1. The van der Waals surface area contributed by atoms with Crippen molar-refractivity contribution in [1.82, 2.24) is 4.72 Å². The van der Waals surface area contributed by atoms with Crippen LogP contribution in [0.15, 0.2) is 23.1 Å². The minimum atomic E-state index is -3.60. The lowest BCUT2D eigenvalue weighted by Gasteiger charge is -2.24. The standard InChI is InChI=1S/C14H23NO4S/c1-5-19-14(3,4)10-15-20(17,18)13-7-6-11(2)12(8-13)9-16/h6-8,15-16H,5,9-10H2,1-4H3. The van der Waals surface area contributed by atoms with Crippen LogP contribution < -0.4 is 4.72 Å². The Kier molecular flexibility index (Phi) is 5.70. The summed E-state index contributed by atoms with van der Waals surface area (Å²) in [4.78, 5) is 0.152. The highest BCUT2D eigenvalue weighted by Crippen LogP contribution is 2.16. The van der Waals surface area contributed by atoms with Gasteiger partial charge in [-0.05, 0) is 51.0 Å². The van der Waals surface area contributed by atoms with Crippen LogP contribution in [0.25, 0.3) is 0 Å². The van der Waals surface area contributed by atoms with Crippen LogP contribution in [0.3, 0.4) is 0 Å². The molecule has 0 saturated heterocycles. The van der Waals surface area contributed by atoms with E-state index in [1.54, 1.807) is 6.07 Å². The first-order valence-electron chi connectivity index (χ1n) is 6.56. The van der Waals surface area contributed by atoms with Crippen molar-refractivity contribution in [2.75, 3.05) is 13.2 Å². The molecule has 2 N–H and O–H groups in total. The van der Waals surface area contributed by atoms with Crippen LogP contribution in [0.1, 0.15) is 31.9 Å². The van der Waals surface area contributed by atoms with Gasteiger partial charge in [-0.1, -0.05) is 6.07 Å². The summed E-state index contributed by atoms with van der Waals surface area (Å²) >= 11 is 0. The van der Waals surface area contributed by atoms with Gasteiger partial charge in [-0.2, -0.15) is 0 Å². The Morgan fingerprint density at radius 1 is 1.35 bits per heavy atom. The van der Waals surface area contributed by atoms with E-state index >= 15 is 0 Å². The van der Waals surface area contributed by atoms with Gasteiger partial charge in [0.05, 0.1) is 17.1 Å². The number of benzene rings is 1. The Hall–Kier alpha value is -0.950. The first-order valence-corrected chi connectivity index (χ1v) is 8.04. The normalized spacial score (nSPS) is 12.7. The molecule has 6 heteroatoms. The van der Waals surface area contributed by atoms with Crippen LogP contribution in [0, 0.1) is 6.92 Å². The number of sulfonamides is 1. The third-order valence-electron chi connectivity index (χ3n) is 3.02. The number of hydrogen-bond acceptors (Lipinski definition) is 4. The maximum absolute atomic E-state index is 12.2. The van der Waals surface area contributed by atoms with Crippen LogP contribution >= 0.6 is 0 Å². The third kappa shape index (κ3) is 4.56. The van der Waals surface area contributed by atoms with Crippen LogP contribution in [0.4, 0.5) is 0 Å². The van der Waals surface area contributed by atoms with Crippen molar-refractivity contribution in [3.63, 3.8) is 0 Å². The zero-order valence-electron chi connectivity index (χ0n) is 12.4. The average molecular weight is 301 g/mol. The highest BCUT2D eigenvalue weighted by Gasteiger charge is 2.22. The lowest BCUT2D eigenvalue weighted by Crippen LogP contribution is -2.40. The Morgan fingerprint density at radius 3 is 2.55 bits per heavy atom. The highest BCUT2D eigenvalue weighted by molar-refractivity contribution is 7.89. The predicted molar refractivity (Wildman–Crippen MR) is 78.0 cm³/mol. The van der Waals surface area contributed by atoms with Gasteiger partial charge in [0.2, 0.25) is 10.0 Å². The largest absolute Gasteiger partial charge is 0.392 e. The Labute approximate surface area is 121 Å². The molecule has 0 aliphatic heterocycles. The molecule has 0 aliphatic rings. The van der Waals surface area contributed by atoms with Crippen LogP contribution in [-0.2, 0) is 21.4 Å². The zero-order valence-corrected chi connectivity index (χ0v) is 13.3. The van der Waals surface area contributed by atoms with Crippen molar-refractivity contribution in [3.8, 4) is 0 Å². The SMILES string of the molecule is CCOC(C)(C)CNS(=O)(=O)c1ccc(C)c(CO)c1. The maximum Gasteiger partial charge on any atom is 0.240 e. The van der Waals surface area contributed by atoms with Crippen LogP contribution in [-0.4, -0.2) is 32.3 Å². The van der Waals surface area contributed by atoms with Gasteiger partial charge in [-0.25, -0.2) is 13.1 Å². The second-order valence-electron chi connectivity index (χ2n) is 5.26. The molecule has 0 unspecified atom stereocenters. The Balaban J connectivity index is 2.89. The summed E-state index contributed by atoms with van der Waals surface area (Å²) in [5, 5.41) is 9.20. The van der Waals surface area contributed by atoms with Gasteiger partial charge in [-0.3, -0.25) is 0 Å². The van der Waals surface area contributed by atoms with Gasteiger partial charge >= 0.3 is 0 Å². The molecular weight excluding hydrogens is 278 g/mol. The molecular formula is C14H23NO4S. The topological polar surface area (TPSA) is 75.6 Å². The first-order chi connectivity index (χ1) is 9.22. The molecule has 5 nitrogen and oxygen atoms in total. The number of aliphatic hydroxyl groups excluding tert-OH is 1. The van der Waals surface area contributed by atoms with E-state index in [9.17, 15) is 13.5 Å². The average Bonchev–Trinajstić information content (AvgIpc) is 2.37. The summed E-state index contributed by atoms with van der Waals surface area (Å²) in [7, 11) is -3.60. The Bertz CT molecular complexity index is 552. The van der Waals surface area contributed by atoms with E-state index in [0.29, 0.717) is 12.2 Å². The summed E-state index contributed by atoms with van der Waals surface area (Å²) in [5.41, 5.74) is 0.907. The van der Waals surface area contributed by atoms with Crippen molar-refractivity contribution >= 4 is 10.0 Å². The monoisotopic (exact) mass is 301 g/mol. The molecule has 0 amide bonds. The number of rotatable bonds is 7. The number of ether oxygens (including phenoxy) is 1. The number of hydrogen-bond donors (Lipinski definition) is 2. The van der Waals surface area contributed by atoms with Gasteiger partial charge in [0, 0.05) is 13.2 Å². The third-order valence-corrected chi connectivity index (χ3v) is 4.42. The summed E-state index contributed by atoms with van der Waals surface area (Å²) in [6, 6.07) is 4.71. The van der Waals surface area contributed by atoms with Crippen molar-refractivity contribution in [2.45, 2.75) is 44.8 Å². The highest BCUT2D eigenvalue weighted by atomic mass is 32.2. The van der Waals surface area contributed by atoms with E-state index < -0.39 is 15.6 Å². The Morgan fingerprint density at radius 2 is 2.00 bits per heavy atom. The van der Waals surface area contributed by atoms with Crippen LogP contribution in [0.2, 0.25) is 0 Å². The summed E-state index contributed by atoms with van der Waals surface area (Å²) in [6.07, 6.45) is 0. The molecule has 0 bridgehead atoms. The summed E-state index contributed by atoms with van der Waals surface area (Å²) in [6.45, 7) is 7.87. The predicted octanol–water partition coefficient (Wildman–Crippen LogP) is 1.58. The van der Waals surface area contributed by atoms with Gasteiger partial charge in [0.1, 0.15) is 0 Å². The fraction of sp³-hybridized carbons (Fsp3) is 0.571. The fourth-order valence-corrected chi connectivity index (χ4v) is 3.03. The molecule has 20 heavy (non-hydrogen) atoms. The van der Waals surface area contributed by atoms with Crippen molar-refractivity contribution < 1.29 is 18.3 Å². The summed E-state index contributed by atoms with van der Waals surface area (Å²) in [5.74, 6) is 0. The molecule has 0 spiro atoms. The molecule has 114 valence electrons. The molecule has 0 heterocycles. The lowest BCUT2D eigenvalue weighted by molar-refractivity contribution is -0.00515. The van der Waals surface area contributed by atoms with E-state index in [0.717, 1.165) is 5.56 Å². The van der Waals surface area contributed by atoms with Gasteiger partial charge < -0.3 is 9.84 Å². The molecule has 0 aromatic heterocycles. The lowest BCUT2D eigenvalue weighted by atomic mass is 10.1. The minimum Gasteiger partial charge on any atom is -0.392 e. The van der Waals surface area contributed by atoms with Crippen molar-refractivity contribution in [3.05, 3.63) is 29.3 Å². The van der Waals surface area contributed by atoms with Gasteiger partial charge in [-0.15, -0.1) is 0 Å². The quantitative estimate of drug-likeness (QED) is 0.802. The molecule has 0 aliphatic carbocycles. The van der Waals surface area contributed by atoms with Crippen molar-refractivity contribution in [1.29, 1.82) is 0 Å². The molecule has 0 radical (unpaired) electrons. The van der Waals surface area contributed by atoms with Crippen molar-refractivity contribution in [2.24, 2.45) is 0 Å². The van der Waals surface area contributed by atoms with E-state index in [1.807, 2.05) is 27.7 Å². The number of nitrogens with one attached hydrogen (secondary N) is 1. The molecule has 0 fully saturated rings. The fourth-order valence-electron chi connectivity index (χ4n) is 1.78. The van der Waals surface area contributed by atoms with E-state index in [4.69, 9.17) is 4.74 Å². The molecule has 0 saturated carbocycles. The van der Waals surface area contributed by atoms with E-state index in [-0.39, 0.29) is 18.0 Å². The molecule has 1 aromatic carbocycles. The smallest absolute Gasteiger partial charge is 0.240 e. The van der Waals surface area contributed by atoms with Crippen LogP contribution in [0.5, 0.6) is 0 Å². The summed E-state index contributed by atoms with van der Waals surface area (Å²) < 4.78 is 32.4. The second kappa shape index (κ2) is 6.67. The molecule has 0 atom stereocenters. The minimum absolute atomic E-state index is 0.152. The number of aliphatic hydroxyl groups is 1. The molecule has 1 aromatic rings. The van der Waals surface area contributed by atoms with E-state index in [1.165, 1.54) is 12.1 Å². The zero-order chi connectivity index (χ0) is 15.4. The van der Waals surface area contributed by atoms with E-state index in [2.05, 4.69) is 4.72 Å². The number of aryl methyl sites for hydroxylation is 1. The van der Waals surface area contributed by atoms with Gasteiger partial charge in [0.15, 0.2) is 0 Å².